The van der Waals surface area contributed by atoms with Gasteiger partial charge in [0.05, 0.1) is 12.1 Å². The molecule has 2 fully saturated rings. The predicted molar refractivity (Wildman–Crippen MR) is 115 cm³/mol. The van der Waals surface area contributed by atoms with E-state index in [4.69, 9.17) is 0 Å². The molecular formula is C24H30N4O2. The summed E-state index contributed by atoms with van der Waals surface area (Å²) >= 11 is 0. The Morgan fingerprint density at radius 2 is 2.17 bits per heavy atom. The van der Waals surface area contributed by atoms with E-state index in [1.165, 1.54) is 25.7 Å². The van der Waals surface area contributed by atoms with Gasteiger partial charge in [-0.25, -0.2) is 4.98 Å². The lowest BCUT2D eigenvalue weighted by molar-refractivity contribution is -0.120. The van der Waals surface area contributed by atoms with Gasteiger partial charge < -0.3 is 10.6 Å². The molecule has 0 aromatic carbocycles. The molecule has 2 heterocycles. The molecule has 5 rings (SSSR count). The number of allylic oxidation sites excluding steroid dienone is 2. The van der Waals surface area contributed by atoms with Gasteiger partial charge in [-0.2, -0.15) is 0 Å². The minimum Gasteiger partial charge on any atom is -0.356 e. The SMILES string of the molecule is CCCNC(=O)Cc1cn2c(C(=O)NCC34CC=C5CCC(C3)C5C4)cccc2n1. The van der Waals surface area contributed by atoms with Crippen LogP contribution in [0.5, 0.6) is 0 Å². The minimum absolute atomic E-state index is 0.0399. The predicted octanol–water partition coefficient (Wildman–Crippen LogP) is 3.27. The van der Waals surface area contributed by atoms with Crippen molar-refractivity contribution in [3.63, 3.8) is 0 Å². The Labute approximate surface area is 177 Å². The van der Waals surface area contributed by atoms with Crippen LogP contribution in [0.25, 0.3) is 5.65 Å². The first-order chi connectivity index (χ1) is 14.6. The van der Waals surface area contributed by atoms with Crippen LogP contribution in [0.4, 0.5) is 0 Å². The molecule has 2 aromatic rings. The molecule has 2 amide bonds. The Balaban J connectivity index is 1.29. The maximum absolute atomic E-state index is 13.1. The summed E-state index contributed by atoms with van der Waals surface area (Å²) < 4.78 is 1.80. The number of aromatic nitrogens is 2. The van der Waals surface area contributed by atoms with Crippen LogP contribution in [0.15, 0.2) is 36.0 Å². The minimum atomic E-state index is -0.0683. The number of carbonyl (C=O) groups excluding carboxylic acids is 2. The van der Waals surface area contributed by atoms with E-state index in [0.29, 0.717) is 23.6 Å². The van der Waals surface area contributed by atoms with Crippen LogP contribution < -0.4 is 10.6 Å². The molecule has 0 saturated heterocycles. The highest BCUT2D eigenvalue weighted by Gasteiger charge is 2.50. The molecule has 6 heteroatoms. The fraction of sp³-hybridized carbons (Fsp3) is 0.542. The third-order valence-corrected chi connectivity index (χ3v) is 7.31. The van der Waals surface area contributed by atoms with E-state index in [1.807, 2.05) is 31.3 Å². The summed E-state index contributed by atoms with van der Waals surface area (Å²) in [5.41, 5.74) is 3.86. The van der Waals surface area contributed by atoms with Gasteiger partial charge in [0.15, 0.2) is 0 Å². The standard InChI is InChI=1S/C24H30N4O2/c1-2-10-25-22(29)11-18-14-28-20(4-3-5-21(28)27-18)23(30)26-15-24-9-8-16-6-7-17(12-24)19(16)13-24/h3-5,8,14,17,19H,2,6-7,9-13,15H2,1H3,(H,25,29)(H,26,30). The van der Waals surface area contributed by atoms with Crippen molar-refractivity contribution in [3.05, 3.63) is 47.4 Å². The number of fused-ring (bicyclic) bond motifs is 2. The summed E-state index contributed by atoms with van der Waals surface area (Å²) in [4.78, 5) is 29.6. The monoisotopic (exact) mass is 406 g/mol. The zero-order valence-electron chi connectivity index (χ0n) is 17.6. The van der Waals surface area contributed by atoms with Crippen molar-refractivity contribution in [2.24, 2.45) is 17.3 Å². The van der Waals surface area contributed by atoms with Crippen molar-refractivity contribution in [3.8, 4) is 0 Å². The van der Waals surface area contributed by atoms with Crippen molar-refractivity contribution in [1.82, 2.24) is 20.0 Å². The van der Waals surface area contributed by atoms with Gasteiger partial charge in [0, 0.05) is 19.3 Å². The second kappa shape index (κ2) is 7.56. The van der Waals surface area contributed by atoms with Gasteiger partial charge >= 0.3 is 0 Å². The summed E-state index contributed by atoms with van der Waals surface area (Å²) in [6.07, 6.45) is 11.6. The van der Waals surface area contributed by atoms with Gasteiger partial charge in [-0.1, -0.05) is 24.6 Å². The Hall–Kier alpha value is -2.63. The molecule has 3 atom stereocenters. The highest BCUT2D eigenvalue weighted by Crippen LogP contribution is 2.59. The van der Waals surface area contributed by atoms with Crippen molar-refractivity contribution >= 4 is 17.5 Å². The molecule has 0 spiro atoms. The zero-order chi connectivity index (χ0) is 20.7. The highest BCUT2D eigenvalue weighted by atomic mass is 16.2. The number of rotatable bonds is 7. The number of nitrogens with zero attached hydrogens (tertiary/aromatic N) is 2. The molecule has 3 aliphatic rings. The summed E-state index contributed by atoms with van der Waals surface area (Å²) in [7, 11) is 0. The first-order valence-electron chi connectivity index (χ1n) is 11.3. The number of imidazole rings is 1. The fourth-order valence-electron chi connectivity index (χ4n) is 5.85. The van der Waals surface area contributed by atoms with E-state index in [1.54, 1.807) is 9.97 Å². The smallest absolute Gasteiger partial charge is 0.268 e. The number of amides is 2. The number of hydrogen-bond donors (Lipinski definition) is 2. The summed E-state index contributed by atoms with van der Waals surface area (Å²) in [5, 5.41) is 6.09. The number of pyridine rings is 1. The molecule has 2 aromatic heterocycles. The van der Waals surface area contributed by atoms with Crippen LogP contribution in [0.1, 0.15) is 61.6 Å². The van der Waals surface area contributed by atoms with Gasteiger partial charge in [-0.15, -0.1) is 0 Å². The maximum atomic E-state index is 13.1. The van der Waals surface area contributed by atoms with Gasteiger partial charge in [-0.3, -0.25) is 14.0 Å². The van der Waals surface area contributed by atoms with Gasteiger partial charge in [0.25, 0.3) is 5.91 Å². The number of nitrogens with one attached hydrogen (secondary N) is 2. The van der Waals surface area contributed by atoms with Crippen LogP contribution in [0.2, 0.25) is 0 Å². The fourth-order valence-corrected chi connectivity index (χ4v) is 5.85. The molecule has 158 valence electrons. The van der Waals surface area contributed by atoms with Crippen molar-refractivity contribution in [2.45, 2.75) is 51.9 Å². The van der Waals surface area contributed by atoms with Crippen LogP contribution >= 0.6 is 0 Å². The molecule has 2 saturated carbocycles. The lowest BCUT2D eigenvalue weighted by Gasteiger charge is -2.32. The van der Waals surface area contributed by atoms with Gasteiger partial charge in [-0.05, 0) is 67.9 Å². The molecule has 3 aliphatic carbocycles. The molecule has 2 bridgehead atoms. The second-order valence-electron chi connectivity index (χ2n) is 9.38. The summed E-state index contributed by atoms with van der Waals surface area (Å²) in [6.45, 7) is 3.43. The van der Waals surface area contributed by atoms with E-state index < -0.39 is 0 Å². The Kier molecular flexibility index (Phi) is 4.88. The Morgan fingerprint density at radius 1 is 1.27 bits per heavy atom. The normalized spacial score (nSPS) is 26.6. The van der Waals surface area contributed by atoms with Crippen molar-refractivity contribution in [2.75, 3.05) is 13.1 Å². The quantitative estimate of drug-likeness (QED) is 0.693. The summed E-state index contributed by atoms with van der Waals surface area (Å²) in [6, 6.07) is 5.55. The second-order valence-corrected chi connectivity index (χ2v) is 9.38. The zero-order valence-corrected chi connectivity index (χ0v) is 17.6. The summed E-state index contributed by atoms with van der Waals surface area (Å²) in [5.74, 6) is 1.49. The molecule has 30 heavy (non-hydrogen) atoms. The average Bonchev–Trinajstić information content (AvgIpc) is 3.39. The van der Waals surface area contributed by atoms with Crippen LogP contribution in [0.3, 0.4) is 0 Å². The Bertz CT molecular complexity index is 1020. The molecule has 3 unspecified atom stereocenters. The molecule has 0 radical (unpaired) electrons. The molecule has 6 nitrogen and oxygen atoms in total. The first kappa shape index (κ1) is 19.3. The first-order valence-corrected chi connectivity index (χ1v) is 11.3. The average molecular weight is 407 g/mol. The van der Waals surface area contributed by atoms with Gasteiger partial charge in [0.1, 0.15) is 11.3 Å². The number of carbonyl (C=O) groups is 2. The van der Waals surface area contributed by atoms with E-state index >= 15 is 0 Å². The third-order valence-electron chi connectivity index (χ3n) is 7.31. The van der Waals surface area contributed by atoms with Crippen molar-refractivity contribution < 1.29 is 9.59 Å². The molecule has 0 aliphatic heterocycles. The lowest BCUT2D eigenvalue weighted by atomic mass is 9.76. The van der Waals surface area contributed by atoms with E-state index in [2.05, 4.69) is 21.7 Å². The highest BCUT2D eigenvalue weighted by molar-refractivity contribution is 5.93. The largest absolute Gasteiger partial charge is 0.356 e. The maximum Gasteiger partial charge on any atom is 0.268 e. The molecular weight excluding hydrogens is 376 g/mol. The van der Waals surface area contributed by atoms with Crippen LogP contribution in [-0.2, 0) is 11.2 Å². The van der Waals surface area contributed by atoms with E-state index in [-0.39, 0.29) is 23.7 Å². The van der Waals surface area contributed by atoms with Gasteiger partial charge in [0.2, 0.25) is 5.91 Å². The third kappa shape index (κ3) is 3.42. The lowest BCUT2D eigenvalue weighted by Crippen LogP contribution is -2.37. The van der Waals surface area contributed by atoms with Crippen molar-refractivity contribution in [1.29, 1.82) is 0 Å². The van der Waals surface area contributed by atoms with Crippen LogP contribution in [-0.4, -0.2) is 34.3 Å². The van der Waals surface area contributed by atoms with Crippen LogP contribution in [0, 0.1) is 17.3 Å². The number of hydrogen-bond acceptors (Lipinski definition) is 3. The Morgan fingerprint density at radius 3 is 3.03 bits per heavy atom. The topological polar surface area (TPSA) is 75.5 Å². The molecule has 2 N–H and O–H groups in total. The van der Waals surface area contributed by atoms with E-state index in [9.17, 15) is 9.59 Å². The van der Waals surface area contributed by atoms with E-state index in [0.717, 1.165) is 31.2 Å².